The molecule has 29 nitrogen and oxygen atoms in total. The average Bonchev–Trinajstić information content (AvgIpc) is 1.61. The number of aryl methyl sites for hydroxylation is 4. The monoisotopic (exact) mass is 2000 g/mol. The van der Waals surface area contributed by atoms with Gasteiger partial charge < -0.3 is 19.6 Å². The van der Waals surface area contributed by atoms with Crippen molar-refractivity contribution in [3.05, 3.63) is 300 Å². The molecule has 23 rings (SSSR count). The minimum Gasteiger partial charge on any atom is -0.327 e. The summed E-state index contributed by atoms with van der Waals surface area (Å²) >= 11 is 25.5. The smallest absolute Gasteiger partial charge is 0.214 e. The lowest BCUT2D eigenvalue weighted by molar-refractivity contribution is 0.499. The molecule has 4 aromatic carbocycles. The van der Waals surface area contributed by atoms with E-state index in [4.69, 9.17) is 59.9 Å². The molecule has 8 atom stereocenters. The Labute approximate surface area is 801 Å². The lowest BCUT2D eigenvalue weighted by Gasteiger charge is -2.38. The first-order chi connectivity index (χ1) is 64.3. The number of hydrogen-bond acceptors (Lipinski definition) is 26. The minimum atomic E-state index is -3.37. The van der Waals surface area contributed by atoms with Gasteiger partial charge in [-0.2, -0.15) is 20.4 Å². The molecule has 0 radical (unpaired) electrons. The summed E-state index contributed by atoms with van der Waals surface area (Å²) in [6, 6.07) is 24.8. The van der Waals surface area contributed by atoms with Crippen LogP contribution in [0.2, 0.25) is 15.1 Å². The molecule has 16 heterocycles. The molecule has 3 saturated carbocycles. The molecule has 694 valence electrons. The largest absolute Gasteiger partial charge is 0.327 e. The van der Waals surface area contributed by atoms with Gasteiger partial charge in [0.15, 0.2) is 43.4 Å². The fourth-order valence-corrected chi connectivity index (χ4v) is 26.6. The van der Waals surface area contributed by atoms with Crippen LogP contribution in [0.15, 0.2) is 217 Å². The number of amidine groups is 4. The van der Waals surface area contributed by atoms with E-state index < -0.39 is 59.3 Å². The molecule has 3 aliphatic carbocycles. The highest BCUT2D eigenvalue weighted by molar-refractivity contribution is 7.91. The molecule has 7 fully saturated rings. The highest BCUT2D eigenvalue weighted by atomic mass is 35.5. The highest BCUT2D eigenvalue weighted by Crippen LogP contribution is 2.53. The summed E-state index contributed by atoms with van der Waals surface area (Å²) in [6.45, 7) is 6.44. The van der Waals surface area contributed by atoms with Crippen LogP contribution in [0, 0.1) is 29.2 Å². The van der Waals surface area contributed by atoms with Crippen molar-refractivity contribution >= 4 is 156 Å². The van der Waals surface area contributed by atoms with Crippen molar-refractivity contribution in [2.45, 2.75) is 136 Å². The topological polar surface area (TPSA) is 324 Å². The number of fused-ring (bicyclic) bond motifs is 4. The quantitative estimate of drug-likeness (QED) is 0.0563. The second kappa shape index (κ2) is 36.5. The van der Waals surface area contributed by atoms with Crippen LogP contribution in [0.1, 0.15) is 161 Å². The van der Waals surface area contributed by atoms with Gasteiger partial charge in [-0.25, -0.2) is 81.9 Å². The molecule has 0 spiro atoms. The Morgan fingerprint density at radius 2 is 0.694 bits per heavy atom. The van der Waals surface area contributed by atoms with Crippen molar-refractivity contribution in [2.24, 2.45) is 54.1 Å². The number of nitrogens with zero attached hydrogens (tertiary/aromatic N) is 20. The third kappa shape index (κ3) is 18.4. The van der Waals surface area contributed by atoms with Gasteiger partial charge in [0.2, 0.25) is 30.1 Å². The molecule has 3 unspecified atom stereocenters. The first-order valence-corrected chi connectivity index (χ1v) is 52.7. The van der Waals surface area contributed by atoms with E-state index >= 15 is 0 Å². The molecule has 8 aliphatic heterocycles. The van der Waals surface area contributed by atoms with Crippen molar-refractivity contribution in [1.29, 1.82) is 0 Å². The number of benzene rings is 4. The Balaban J connectivity index is 0.000000111. The number of thiazole rings is 4. The van der Waals surface area contributed by atoms with Gasteiger partial charge in [0.25, 0.3) is 0 Å². The lowest BCUT2D eigenvalue weighted by atomic mass is 9.80. The van der Waals surface area contributed by atoms with Crippen LogP contribution in [0.5, 0.6) is 0 Å². The van der Waals surface area contributed by atoms with Gasteiger partial charge in [-0.3, -0.25) is 33.7 Å². The maximum atomic E-state index is 13.9. The van der Waals surface area contributed by atoms with Gasteiger partial charge in [-0.1, -0.05) is 72.1 Å². The molecule has 11 aliphatic rings. The van der Waals surface area contributed by atoms with Crippen LogP contribution < -0.4 is 14.2 Å². The zero-order valence-electron chi connectivity index (χ0n) is 72.8. The van der Waals surface area contributed by atoms with E-state index in [2.05, 4.69) is 66.1 Å². The number of aromatic nitrogens is 12. The predicted molar refractivity (Wildman–Crippen MR) is 512 cm³/mol. The van der Waals surface area contributed by atoms with Crippen LogP contribution in [-0.4, -0.2) is 187 Å². The predicted octanol–water partition coefficient (Wildman–Crippen LogP) is 15.7. The molecule has 4 saturated heterocycles. The Bertz CT molecular complexity index is 6970. The Morgan fingerprint density at radius 1 is 0.388 bits per heavy atom. The summed E-state index contributed by atoms with van der Waals surface area (Å²) in [7, 11) is -2.69. The van der Waals surface area contributed by atoms with Crippen molar-refractivity contribution < 1.29 is 42.8 Å². The summed E-state index contributed by atoms with van der Waals surface area (Å²) in [6.07, 6.45) is 21.0. The molecular formula is C91H88Cl3F4N23O6S7. The standard InChI is InChI=1S/C24H25FN6O2S2.2C23H22ClFN6O2S2.C21H19ClFN5S/c1-24(15-3-5-16(25)6-4-15)21(19-9-11-30(2)28-19)20-13-17(29-35(32,33)18-7-8-18)14-31(20)22(27-24)23-26-10-12-34-23;2*1-30-8-6-18(28-30)20-19-11-14(29-35(32,33)15-3-4-15)12-31(19)22(23-26-7-9-34-23)27-21(20)16-5-2-13(25)10-17(16)24;1-12-9-17-18(16-5-7-27(2)26-16)19(14-4-3-13(23)10-15(14)22)25-20(28(17)11-12)21-24-6-8-29-21/h3-6,9-12,17-18,29H,7-8,13-14H2,1-2H3;2*2,5-10,14-15,21,29H,3-4,11-12H2,1H3;3-8,10,12,19H,9,11H2,1-2H3/t17-,24?;14?,21-;14-,21-;12?,19-/m0000/s1. The van der Waals surface area contributed by atoms with E-state index in [0.29, 0.717) is 128 Å². The van der Waals surface area contributed by atoms with Crippen LogP contribution in [0.3, 0.4) is 0 Å². The van der Waals surface area contributed by atoms with E-state index in [1.165, 1.54) is 88.2 Å². The molecule has 8 aromatic heterocycles. The second-order valence-corrected chi connectivity index (χ2v) is 45.6. The maximum Gasteiger partial charge on any atom is 0.214 e. The van der Waals surface area contributed by atoms with Crippen LogP contribution in [-0.2, 0) is 63.8 Å². The van der Waals surface area contributed by atoms with Gasteiger partial charge in [0.1, 0.15) is 46.9 Å². The summed E-state index contributed by atoms with van der Waals surface area (Å²) in [5, 5.41) is 29.3. The lowest BCUT2D eigenvalue weighted by Crippen LogP contribution is -2.42. The van der Waals surface area contributed by atoms with E-state index in [-0.39, 0.29) is 61.6 Å². The SMILES string of the molecule is CC1CC2=C(c3ccn(C)n3)[C@H](c3ccc(F)cc3Cl)N=C(c3nccs3)N2C1.Cn1ccc(C2=C3CC(NS(=O)(=O)C4CC4)CN3C(c3nccs3)=N[C@H]2c2ccc(F)cc2Cl)n1.Cn1ccc(C2=C3C[C@H](NS(=O)(=O)C4CC4)CN3C(c3nccs3)=NC2(C)c2ccc(F)cc2)n1.Cn1ccc(C2=C3C[C@H](NS(=O)(=O)C4CC4)CN3C(c3nccs3)=N[C@H]2c2ccc(F)cc2Cl)n1. The normalized spacial score (nSPS) is 22.8. The van der Waals surface area contributed by atoms with E-state index in [1.807, 2.05) is 115 Å². The van der Waals surface area contributed by atoms with Crippen LogP contribution >= 0.6 is 80.1 Å². The zero-order chi connectivity index (χ0) is 93.1. The summed E-state index contributed by atoms with van der Waals surface area (Å²) < 4.78 is 148. The van der Waals surface area contributed by atoms with Crippen molar-refractivity contribution in [1.82, 2.24) is 92.8 Å². The first kappa shape index (κ1) is 91.2. The molecular weight excluding hydrogens is 1920 g/mol. The van der Waals surface area contributed by atoms with Crippen molar-refractivity contribution in [3.63, 3.8) is 0 Å². The zero-order valence-corrected chi connectivity index (χ0v) is 80.8. The number of aliphatic imine (C=N–C) groups is 4. The molecule has 3 N–H and O–H groups in total. The molecule has 134 heavy (non-hydrogen) atoms. The Kier molecular flexibility index (Phi) is 24.8. The molecule has 43 heteroatoms. The van der Waals surface area contributed by atoms with Gasteiger partial charge >= 0.3 is 0 Å². The summed E-state index contributed by atoms with van der Waals surface area (Å²) in [5.74, 6) is 1.78. The van der Waals surface area contributed by atoms with E-state index in [1.54, 1.807) is 85.2 Å². The number of halogens is 7. The van der Waals surface area contributed by atoms with Gasteiger partial charge in [-0.05, 0) is 136 Å². The van der Waals surface area contributed by atoms with Gasteiger partial charge in [0, 0.05) is 240 Å². The van der Waals surface area contributed by atoms with Crippen molar-refractivity contribution in [3.8, 4) is 0 Å². The number of hydrogen-bond donors (Lipinski definition) is 3. The van der Waals surface area contributed by atoms with Gasteiger partial charge in [-0.15, -0.1) is 45.3 Å². The number of rotatable bonds is 21. The summed E-state index contributed by atoms with van der Waals surface area (Å²) in [5.41, 5.74) is 12.6. The Hall–Kier alpha value is -10.6. The fourth-order valence-electron chi connectivity index (χ4n) is 18.5. The summed E-state index contributed by atoms with van der Waals surface area (Å²) in [4.78, 5) is 46.9. The molecule has 0 amide bonds. The molecule has 12 aromatic rings. The average molecular weight is 2010 g/mol. The van der Waals surface area contributed by atoms with E-state index in [9.17, 15) is 42.8 Å². The van der Waals surface area contributed by atoms with Crippen molar-refractivity contribution in [2.75, 3.05) is 26.2 Å². The number of sulfonamides is 3. The first-order valence-electron chi connectivity index (χ1n) is 43.5. The fraction of sp³-hybridized carbons (Fsp3) is 0.341. The third-order valence-electron chi connectivity index (χ3n) is 25.0. The third-order valence-corrected chi connectivity index (χ3v) is 35.1. The van der Waals surface area contributed by atoms with E-state index in [0.717, 1.165) is 101 Å². The van der Waals surface area contributed by atoms with Gasteiger partial charge in [0.05, 0.1) is 38.5 Å². The second-order valence-electron chi connectivity index (χ2n) is 34.9. The maximum absolute atomic E-state index is 13.9. The number of allylic oxidation sites excluding steroid dienone is 1. The van der Waals surface area contributed by atoms with Crippen LogP contribution in [0.25, 0.3) is 22.3 Å². The highest BCUT2D eigenvalue weighted by Gasteiger charge is 2.51. The Morgan fingerprint density at radius 3 is 1.01 bits per heavy atom. The minimum absolute atomic E-state index is 0.267. The number of nitrogens with one attached hydrogen (secondary N) is 3. The van der Waals surface area contributed by atoms with Crippen LogP contribution in [0.4, 0.5) is 17.6 Å². The molecule has 0 bridgehead atoms.